The summed E-state index contributed by atoms with van der Waals surface area (Å²) >= 11 is 0. The number of pyridine rings is 1. The SMILES string of the molecule is CC(C)[P+](=O)c1cccc2cccnc12. The van der Waals surface area contributed by atoms with E-state index in [4.69, 9.17) is 0 Å². The van der Waals surface area contributed by atoms with Crippen LogP contribution in [0, 0.1) is 0 Å². The van der Waals surface area contributed by atoms with E-state index in [-0.39, 0.29) is 5.66 Å². The molecule has 76 valence electrons. The molecule has 1 heterocycles. The van der Waals surface area contributed by atoms with Crippen LogP contribution in [0.3, 0.4) is 0 Å². The van der Waals surface area contributed by atoms with E-state index in [2.05, 4.69) is 4.98 Å². The van der Waals surface area contributed by atoms with Gasteiger partial charge < -0.3 is 0 Å². The summed E-state index contributed by atoms with van der Waals surface area (Å²) in [5.41, 5.74) is 1.03. The third kappa shape index (κ3) is 1.91. The Morgan fingerprint density at radius 3 is 2.67 bits per heavy atom. The van der Waals surface area contributed by atoms with Crippen molar-refractivity contribution in [3.63, 3.8) is 0 Å². The van der Waals surface area contributed by atoms with Gasteiger partial charge in [0.2, 0.25) is 5.30 Å². The lowest BCUT2D eigenvalue weighted by Crippen LogP contribution is -2.05. The molecule has 1 atom stereocenters. The molecule has 1 aromatic heterocycles. The molecule has 15 heavy (non-hydrogen) atoms. The van der Waals surface area contributed by atoms with Gasteiger partial charge in [0.15, 0.2) is 5.66 Å². The molecule has 0 aliphatic rings. The molecule has 0 spiro atoms. The van der Waals surface area contributed by atoms with E-state index in [1.807, 2.05) is 44.2 Å². The van der Waals surface area contributed by atoms with Crippen LogP contribution in [0.1, 0.15) is 13.8 Å². The summed E-state index contributed by atoms with van der Waals surface area (Å²) in [5, 5.41) is 1.93. The summed E-state index contributed by atoms with van der Waals surface area (Å²) in [6, 6.07) is 9.74. The lowest BCUT2D eigenvalue weighted by Gasteiger charge is -1.97. The third-order valence-electron chi connectivity index (χ3n) is 2.32. The second-order valence-corrected chi connectivity index (χ2v) is 5.94. The summed E-state index contributed by atoms with van der Waals surface area (Å²) in [4.78, 5) is 4.30. The van der Waals surface area contributed by atoms with E-state index in [9.17, 15) is 4.57 Å². The predicted octanol–water partition coefficient (Wildman–Crippen LogP) is 3.10. The molecule has 0 amide bonds. The van der Waals surface area contributed by atoms with E-state index in [1.54, 1.807) is 6.20 Å². The molecule has 0 aliphatic carbocycles. The van der Waals surface area contributed by atoms with Gasteiger partial charge in [0.1, 0.15) is 5.52 Å². The monoisotopic (exact) mass is 218 g/mol. The number of benzene rings is 1. The van der Waals surface area contributed by atoms with Gasteiger partial charge in [0.25, 0.3) is 0 Å². The molecule has 1 aromatic carbocycles. The normalized spacial score (nSPS) is 12.1. The fourth-order valence-electron chi connectivity index (χ4n) is 1.54. The molecule has 3 heteroatoms. The van der Waals surface area contributed by atoms with Crippen LogP contribution < -0.4 is 5.30 Å². The number of para-hydroxylation sites is 1. The van der Waals surface area contributed by atoms with E-state index < -0.39 is 7.80 Å². The van der Waals surface area contributed by atoms with Crippen molar-refractivity contribution < 1.29 is 4.57 Å². The first kappa shape index (κ1) is 10.3. The van der Waals surface area contributed by atoms with Crippen LogP contribution in [-0.2, 0) is 4.57 Å². The minimum Gasteiger partial charge on any atom is -0.251 e. The maximum atomic E-state index is 12.1. The van der Waals surface area contributed by atoms with Crippen LogP contribution in [0.2, 0.25) is 0 Å². The van der Waals surface area contributed by atoms with Gasteiger partial charge in [-0.15, -0.1) is 0 Å². The fourth-order valence-corrected chi connectivity index (χ4v) is 2.73. The van der Waals surface area contributed by atoms with Gasteiger partial charge in [-0.3, -0.25) is 4.98 Å². The highest BCUT2D eigenvalue weighted by Gasteiger charge is 2.26. The molecule has 0 fully saturated rings. The summed E-state index contributed by atoms with van der Waals surface area (Å²) in [6.45, 7) is 3.95. The van der Waals surface area contributed by atoms with Crippen LogP contribution in [0.25, 0.3) is 10.9 Å². The minimum atomic E-state index is -1.35. The summed E-state index contributed by atoms with van der Waals surface area (Å²) < 4.78 is 12.1. The predicted molar refractivity (Wildman–Crippen MR) is 64.1 cm³/mol. The Kier molecular flexibility index (Phi) is 2.79. The molecule has 0 radical (unpaired) electrons. The van der Waals surface area contributed by atoms with Gasteiger partial charge in [-0.1, -0.05) is 22.8 Å². The first-order chi connectivity index (χ1) is 7.20. The number of rotatable bonds is 2. The average Bonchev–Trinajstić information content (AvgIpc) is 2.27. The highest BCUT2D eigenvalue weighted by Crippen LogP contribution is 2.29. The van der Waals surface area contributed by atoms with E-state index in [0.29, 0.717) is 0 Å². The van der Waals surface area contributed by atoms with Crippen molar-refractivity contribution in [2.75, 3.05) is 0 Å². The fraction of sp³-hybridized carbons (Fsp3) is 0.250. The van der Waals surface area contributed by atoms with Gasteiger partial charge in [0.05, 0.1) is 0 Å². The van der Waals surface area contributed by atoms with Gasteiger partial charge >= 0.3 is 7.80 Å². The highest BCUT2D eigenvalue weighted by atomic mass is 31.1. The van der Waals surface area contributed by atoms with Crippen molar-refractivity contribution in [2.24, 2.45) is 0 Å². The number of hydrogen-bond donors (Lipinski definition) is 0. The summed E-state index contributed by atoms with van der Waals surface area (Å²) in [7, 11) is -1.35. The Bertz CT molecular complexity index is 502. The molecule has 0 N–H and O–H groups in total. The molecular weight excluding hydrogens is 205 g/mol. The van der Waals surface area contributed by atoms with Crippen LogP contribution >= 0.6 is 7.80 Å². The minimum absolute atomic E-state index is 0.160. The zero-order valence-corrected chi connectivity index (χ0v) is 9.74. The van der Waals surface area contributed by atoms with Crippen molar-refractivity contribution in [1.29, 1.82) is 0 Å². The average molecular weight is 218 g/mol. The van der Waals surface area contributed by atoms with Gasteiger partial charge in [-0.05, 0) is 26.0 Å². The number of aromatic nitrogens is 1. The molecule has 2 aromatic rings. The maximum Gasteiger partial charge on any atom is 0.381 e. The van der Waals surface area contributed by atoms with E-state index >= 15 is 0 Å². The first-order valence-corrected chi connectivity index (χ1v) is 6.33. The topological polar surface area (TPSA) is 30.0 Å². The van der Waals surface area contributed by atoms with Gasteiger partial charge in [0, 0.05) is 11.6 Å². The molecule has 2 nitrogen and oxygen atoms in total. The zero-order valence-electron chi connectivity index (χ0n) is 8.84. The lowest BCUT2D eigenvalue weighted by molar-refractivity contribution is 0.588. The third-order valence-corrected chi connectivity index (χ3v) is 4.09. The van der Waals surface area contributed by atoms with Crippen molar-refractivity contribution in [3.05, 3.63) is 36.5 Å². The van der Waals surface area contributed by atoms with Crippen molar-refractivity contribution in [3.8, 4) is 0 Å². The van der Waals surface area contributed by atoms with Crippen LogP contribution in [-0.4, -0.2) is 10.6 Å². The second-order valence-electron chi connectivity index (χ2n) is 3.77. The van der Waals surface area contributed by atoms with Crippen molar-refractivity contribution in [2.45, 2.75) is 19.5 Å². The van der Waals surface area contributed by atoms with Crippen molar-refractivity contribution in [1.82, 2.24) is 4.98 Å². The molecule has 0 saturated carbocycles. The van der Waals surface area contributed by atoms with Crippen molar-refractivity contribution >= 4 is 24.0 Å². The molecule has 0 aliphatic heterocycles. The number of nitrogens with zero attached hydrogens (tertiary/aromatic N) is 1. The quantitative estimate of drug-likeness (QED) is 0.725. The van der Waals surface area contributed by atoms with Gasteiger partial charge in [-0.2, -0.15) is 0 Å². The summed E-state index contributed by atoms with van der Waals surface area (Å²) in [5.74, 6) is 0. The maximum absolute atomic E-state index is 12.1. The number of fused-ring (bicyclic) bond motifs is 1. The van der Waals surface area contributed by atoms with Crippen LogP contribution in [0.5, 0.6) is 0 Å². The van der Waals surface area contributed by atoms with Crippen LogP contribution in [0.15, 0.2) is 36.5 Å². The molecule has 1 unspecified atom stereocenters. The molecule has 2 rings (SSSR count). The molecule has 0 bridgehead atoms. The Hall–Kier alpha value is -1.27. The van der Waals surface area contributed by atoms with E-state index in [1.165, 1.54) is 0 Å². The lowest BCUT2D eigenvalue weighted by atomic mass is 10.2. The standard InChI is InChI=1S/C12H13NOP/c1-9(2)15(14)11-7-3-5-10-6-4-8-13-12(10)11/h3-9H,1-2H3/q+1. The Balaban J connectivity index is 2.66. The Morgan fingerprint density at radius 2 is 1.93 bits per heavy atom. The Labute approximate surface area is 90.1 Å². The zero-order chi connectivity index (χ0) is 10.8. The largest absolute Gasteiger partial charge is 0.381 e. The summed E-state index contributed by atoms with van der Waals surface area (Å²) in [6.07, 6.45) is 1.75. The first-order valence-electron chi connectivity index (χ1n) is 5.00. The second kappa shape index (κ2) is 4.08. The number of hydrogen-bond acceptors (Lipinski definition) is 2. The van der Waals surface area contributed by atoms with Gasteiger partial charge in [-0.25, -0.2) is 0 Å². The van der Waals surface area contributed by atoms with E-state index in [0.717, 1.165) is 16.2 Å². The molecular formula is C12H13NOP+. The smallest absolute Gasteiger partial charge is 0.251 e. The highest BCUT2D eigenvalue weighted by molar-refractivity contribution is 7.54. The Morgan fingerprint density at radius 1 is 1.20 bits per heavy atom. The molecule has 0 saturated heterocycles. The van der Waals surface area contributed by atoms with Crippen LogP contribution in [0.4, 0.5) is 0 Å².